The molecule has 0 spiro atoms. The quantitative estimate of drug-likeness (QED) is 0.143. The Morgan fingerprint density at radius 2 is 1.11 bits per heavy atom. The number of hydrogen-bond donors (Lipinski definition) is 0. The first kappa shape index (κ1) is 39.3. The van der Waals surface area contributed by atoms with E-state index >= 15 is 0 Å². The van der Waals surface area contributed by atoms with Crippen molar-refractivity contribution in [3.63, 3.8) is 0 Å². The molecule has 0 aliphatic heterocycles. The Labute approximate surface area is 377 Å². The van der Waals surface area contributed by atoms with Gasteiger partial charge in [-0.05, 0) is 131 Å². The van der Waals surface area contributed by atoms with E-state index in [0.29, 0.717) is 0 Å². The summed E-state index contributed by atoms with van der Waals surface area (Å²) in [6.07, 6.45) is 24.8. The second-order valence-corrected chi connectivity index (χ2v) is 17.5. The standard InChI is InChI=1S/C64H50/c1-3-47-18-10-11-19-50(47)42-44(2)48-36-32-45(33-37-48)30-31-46-34-38-49(39-35-46)62-56-25-12-14-27-58(56)63(59-28-15-13-26-57(59)62)51-40-41-55-54-24-16-17-29-60(54)64(61(55)43-51,52-20-6-4-7-21-52)53-22-8-5-9-23-53/h3-32,34-36,38-43,56,58H,2,33,37H2,1H3. The highest BCUT2D eigenvalue weighted by Crippen LogP contribution is 2.56. The van der Waals surface area contributed by atoms with Crippen molar-refractivity contribution in [2.75, 3.05) is 0 Å². The summed E-state index contributed by atoms with van der Waals surface area (Å²) >= 11 is 0. The normalized spacial score (nSPS) is 18.6. The molecule has 306 valence electrons. The van der Waals surface area contributed by atoms with Crippen LogP contribution in [0.25, 0.3) is 40.5 Å². The van der Waals surface area contributed by atoms with Crippen molar-refractivity contribution in [3.05, 3.63) is 302 Å². The van der Waals surface area contributed by atoms with E-state index in [9.17, 15) is 0 Å². The molecule has 64 heavy (non-hydrogen) atoms. The summed E-state index contributed by atoms with van der Waals surface area (Å²) in [6, 6.07) is 65.5. The second-order valence-electron chi connectivity index (χ2n) is 17.5. The van der Waals surface area contributed by atoms with Crippen molar-refractivity contribution in [2.45, 2.75) is 25.2 Å². The molecule has 0 radical (unpaired) electrons. The average Bonchev–Trinajstić information content (AvgIpc) is 3.66. The van der Waals surface area contributed by atoms with Gasteiger partial charge in [0.15, 0.2) is 0 Å². The Balaban J connectivity index is 0.981. The Kier molecular flexibility index (Phi) is 10.2. The fraction of sp³-hybridized carbons (Fsp3) is 0.0938. The van der Waals surface area contributed by atoms with Crippen LogP contribution in [0.1, 0.15) is 58.7 Å². The molecule has 0 saturated carbocycles. The van der Waals surface area contributed by atoms with Crippen molar-refractivity contribution in [1.82, 2.24) is 0 Å². The molecule has 2 atom stereocenters. The highest BCUT2D eigenvalue weighted by atomic mass is 14.5. The van der Waals surface area contributed by atoms with Crippen LogP contribution >= 0.6 is 0 Å². The topological polar surface area (TPSA) is 0 Å². The number of allylic oxidation sites excluding steroid dienone is 10. The molecule has 11 rings (SSSR count). The van der Waals surface area contributed by atoms with Gasteiger partial charge in [-0.25, -0.2) is 0 Å². The third kappa shape index (κ3) is 6.70. The molecule has 4 aliphatic carbocycles. The average molecular weight is 819 g/mol. The van der Waals surface area contributed by atoms with Crippen molar-refractivity contribution < 1.29 is 0 Å². The molecule has 0 bridgehead atoms. The molecule has 0 nitrogen and oxygen atoms in total. The van der Waals surface area contributed by atoms with Crippen LogP contribution in [-0.2, 0) is 5.41 Å². The van der Waals surface area contributed by atoms with Gasteiger partial charge in [0.2, 0.25) is 0 Å². The number of hydrogen-bond acceptors (Lipinski definition) is 0. The maximum absolute atomic E-state index is 4.42. The third-order valence-electron chi connectivity index (χ3n) is 14.0. The Bertz CT molecular complexity index is 3340. The molecule has 0 heteroatoms. The van der Waals surface area contributed by atoms with E-state index < -0.39 is 5.41 Å². The van der Waals surface area contributed by atoms with E-state index in [-0.39, 0.29) is 11.8 Å². The predicted octanol–water partition coefficient (Wildman–Crippen LogP) is 12.3. The minimum absolute atomic E-state index is 0.184. The molecule has 7 aromatic rings. The van der Waals surface area contributed by atoms with Gasteiger partial charge >= 0.3 is 0 Å². The number of fused-ring (bicyclic) bond motifs is 5. The Morgan fingerprint density at radius 1 is 0.531 bits per heavy atom. The van der Waals surface area contributed by atoms with Crippen LogP contribution in [0.3, 0.4) is 0 Å². The van der Waals surface area contributed by atoms with Crippen molar-refractivity contribution in [3.8, 4) is 11.1 Å². The molecule has 0 aromatic heterocycles. The zero-order valence-electron chi connectivity index (χ0n) is 36.3. The molecule has 7 aromatic carbocycles. The number of benzene rings is 7. The van der Waals surface area contributed by atoms with Gasteiger partial charge in [-0.2, -0.15) is 0 Å². The minimum Gasteiger partial charge on any atom is -0.0915 e. The summed E-state index contributed by atoms with van der Waals surface area (Å²) in [5, 5.41) is 5.08. The molecular formula is C64H50. The van der Waals surface area contributed by atoms with E-state index in [2.05, 4.69) is 250 Å². The van der Waals surface area contributed by atoms with E-state index in [0.717, 1.165) is 18.4 Å². The van der Waals surface area contributed by atoms with Crippen molar-refractivity contribution in [2.24, 2.45) is 11.8 Å². The van der Waals surface area contributed by atoms with Gasteiger partial charge in [-0.3, -0.25) is 0 Å². The zero-order valence-corrected chi connectivity index (χ0v) is 36.3. The van der Waals surface area contributed by atoms with Crippen molar-refractivity contribution >= 4 is 29.4 Å². The molecule has 4 aliphatic rings. The van der Waals surface area contributed by atoms with Crippen LogP contribution in [0.4, 0.5) is 0 Å². The first-order chi connectivity index (χ1) is 31.6. The van der Waals surface area contributed by atoms with Gasteiger partial charge in [-0.15, -0.1) is 0 Å². The SMILES string of the molecule is C=C(C=c1ccccc1=CC)C1=CC=C(C=Cc2ccc(C3=c4ccccc4=C(c4ccc5c(c4)C(c4ccccc4)(c4ccccc4)c4ccccc4-5)C4C=CC=CC34)cc2)CC1. The maximum Gasteiger partial charge on any atom is 0.0713 e. The molecule has 0 amide bonds. The van der Waals surface area contributed by atoms with Gasteiger partial charge in [-0.1, -0.05) is 231 Å². The van der Waals surface area contributed by atoms with E-state index in [1.807, 2.05) is 0 Å². The van der Waals surface area contributed by atoms with Crippen LogP contribution in [0.2, 0.25) is 0 Å². The van der Waals surface area contributed by atoms with Crippen molar-refractivity contribution in [1.29, 1.82) is 0 Å². The summed E-state index contributed by atoms with van der Waals surface area (Å²) in [7, 11) is 0. The lowest BCUT2D eigenvalue weighted by Gasteiger charge is -2.35. The molecule has 2 unspecified atom stereocenters. The fourth-order valence-corrected chi connectivity index (χ4v) is 11.0. The highest BCUT2D eigenvalue weighted by Gasteiger charge is 2.46. The van der Waals surface area contributed by atoms with E-state index in [1.165, 1.54) is 93.2 Å². The summed E-state index contributed by atoms with van der Waals surface area (Å²) in [5.41, 5.74) is 17.7. The smallest absolute Gasteiger partial charge is 0.0713 e. The molecular weight excluding hydrogens is 769 g/mol. The summed E-state index contributed by atoms with van der Waals surface area (Å²) < 4.78 is 0. The summed E-state index contributed by atoms with van der Waals surface area (Å²) in [4.78, 5) is 0. The van der Waals surface area contributed by atoms with Gasteiger partial charge in [0, 0.05) is 11.8 Å². The van der Waals surface area contributed by atoms with Crippen LogP contribution in [0.15, 0.2) is 242 Å². The van der Waals surface area contributed by atoms with Gasteiger partial charge in [0.1, 0.15) is 0 Å². The molecule has 0 fully saturated rings. The lowest BCUT2D eigenvalue weighted by Crippen LogP contribution is -2.40. The highest BCUT2D eigenvalue weighted by molar-refractivity contribution is 5.89. The summed E-state index contributed by atoms with van der Waals surface area (Å²) in [6.45, 7) is 6.51. The second kappa shape index (κ2) is 16.6. The molecule has 0 saturated heterocycles. The monoisotopic (exact) mass is 818 g/mol. The van der Waals surface area contributed by atoms with Gasteiger partial charge < -0.3 is 0 Å². The largest absolute Gasteiger partial charge is 0.0915 e. The van der Waals surface area contributed by atoms with Crippen LogP contribution in [0.5, 0.6) is 0 Å². The van der Waals surface area contributed by atoms with Crippen LogP contribution in [0, 0.1) is 11.8 Å². The lowest BCUT2D eigenvalue weighted by molar-refractivity contribution is 0.686. The molecule has 0 N–H and O–H groups in total. The molecule has 0 heterocycles. The Hall–Kier alpha value is -7.54. The summed E-state index contributed by atoms with van der Waals surface area (Å²) in [5.74, 6) is 0.382. The first-order valence-corrected chi connectivity index (χ1v) is 22.8. The van der Waals surface area contributed by atoms with Crippen LogP contribution < -0.4 is 20.9 Å². The maximum atomic E-state index is 4.42. The Morgan fingerprint density at radius 3 is 1.77 bits per heavy atom. The van der Waals surface area contributed by atoms with Gasteiger partial charge in [0.25, 0.3) is 0 Å². The minimum atomic E-state index is -0.449. The van der Waals surface area contributed by atoms with E-state index in [4.69, 9.17) is 0 Å². The fourth-order valence-electron chi connectivity index (χ4n) is 11.0. The van der Waals surface area contributed by atoms with E-state index in [1.54, 1.807) is 0 Å². The first-order valence-electron chi connectivity index (χ1n) is 22.8. The third-order valence-corrected chi connectivity index (χ3v) is 14.0. The lowest BCUT2D eigenvalue weighted by atomic mass is 9.66. The van der Waals surface area contributed by atoms with Crippen LogP contribution in [-0.4, -0.2) is 0 Å². The van der Waals surface area contributed by atoms with Gasteiger partial charge in [0.05, 0.1) is 5.41 Å². The zero-order chi connectivity index (χ0) is 43.0. The number of rotatable bonds is 8. The predicted molar refractivity (Wildman–Crippen MR) is 270 cm³/mol.